The summed E-state index contributed by atoms with van der Waals surface area (Å²) in [5.41, 5.74) is 3.37. The summed E-state index contributed by atoms with van der Waals surface area (Å²) in [5.74, 6) is 1.71. The molecule has 1 aliphatic heterocycles. The quantitative estimate of drug-likeness (QED) is 0.638. The molecule has 0 radical (unpaired) electrons. The van der Waals surface area contributed by atoms with Crippen LogP contribution in [0.5, 0.6) is 0 Å². The van der Waals surface area contributed by atoms with E-state index in [1.54, 1.807) is 12.1 Å². The van der Waals surface area contributed by atoms with E-state index in [2.05, 4.69) is 26.1 Å². The van der Waals surface area contributed by atoms with Crippen LogP contribution >= 0.6 is 0 Å². The molecule has 0 bridgehead atoms. The van der Waals surface area contributed by atoms with Crippen LogP contribution in [-0.2, 0) is 9.59 Å². The van der Waals surface area contributed by atoms with Crippen molar-refractivity contribution >= 4 is 17.5 Å². The summed E-state index contributed by atoms with van der Waals surface area (Å²) in [6.07, 6.45) is 6.81. The molecule has 2 saturated carbocycles. The Hall–Kier alpha value is -2.17. The second-order valence-electron chi connectivity index (χ2n) is 11.3. The molecule has 32 heavy (non-hydrogen) atoms. The lowest BCUT2D eigenvalue weighted by Crippen LogP contribution is -2.54. The van der Waals surface area contributed by atoms with Crippen LogP contribution in [0.4, 0.5) is 10.1 Å². The van der Waals surface area contributed by atoms with Crippen molar-refractivity contribution in [1.82, 2.24) is 4.90 Å². The van der Waals surface area contributed by atoms with E-state index >= 15 is 0 Å². The number of piperidine rings is 1. The Morgan fingerprint density at radius 2 is 1.81 bits per heavy atom. The van der Waals surface area contributed by atoms with Gasteiger partial charge in [0.2, 0.25) is 11.8 Å². The van der Waals surface area contributed by atoms with Crippen LogP contribution in [-0.4, -0.2) is 23.8 Å². The summed E-state index contributed by atoms with van der Waals surface area (Å²) in [4.78, 5) is 27.7. The van der Waals surface area contributed by atoms with Gasteiger partial charge in [-0.2, -0.15) is 0 Å². The molecular formula is C27H35FN2O2. The highest BCUT2D eigenvalue weighted by Gasteiger charge is 2.61. The number of fused-ring (bicyclic) bond motifs is 5. The highest BCUT2D eigenvalue weighted by atomic mass is 19.1. The molecule has 5 heteroatoms. The van der Waals surface area contributed by atoms with Gasteiger partial charge < -0.3 is 10.2 Å². The third-order valence-electron chi connectivity index (χ3n) is 9.74. The minimum Gasteiger partial charge on any atom is -0.326 e. The Labute approximate surface area is 190 Å². The predicted molar refractivity (Wildman–Crippen MR) is 123 cm³/mol. The van der Waals surface area contributed by atoms with Gasteiger partial charge in [-0.15, -0.1) is 0 Å². The smallest absolute Gasteiger partial charge is 0.228 e. The van der Waals surface area contributed by atoms with Crippen LogP contribution < -0.4 is 5.32 Å². The standard InChI is InChI=1S/C27H35FN2O2/c1-16-15-19-20-9-10-22(25(32)29-18-7-5-17(28)6-8-18)26(20,2)13-11-21(19)27(3)14-12-23(31)30(4)24(16)27/h5-8,19-22H,9-15H2,1-4H3,(H,29,32)/t19-,20-,21-,22+,26-,27+/m0/s1. The Bertz CT molecular complexity index is 986. The predicted octanol–water partition coefficient (Wildman–Crippen LogP) is 5.76. The number of hydrogen-bond donors (Lipinski definition) is 1. The molecule has 0 aromatic heterocycles. The van der Waals surface area contributed by atoms with Crippen LogP contribution in [0.25, 0.3) is 0 Å². The van der Waals surface area contributed by atoms with Crippen molar-refractivity contribution in [3.8, 4) is 0 Å². The fourth-order valence-corrected chi connectivity index (χ4v) is 8.30. The second-order valence-corrected chi connectivity index (χ2v) is 11.3. The van der Waals surface area contributed by atoms with Gasteiger partial charge in [0.25, 0.3) is 0 Å². The number of allylic oxidation sites excluding steroid dienone is 2. The van der Waals surface area contributed by atoms with Gasteiger partial charge in [0.15, 0.2) is 0 Å². The molecule has 172 valence electrons. The number of anilines is 1. The Morgan fingerprint density at radius 3 is 2.53 bits per heavy atom. The van der Waals surface area contributed by atoms with Crippen molar-refractivity contribution in [2.75, 3.05) is 12.4 Å². The molecule has 4 aliphatic rings. The second kappa shape index (κ2) is 7.43. The van der Waals surface area contributed by atoms with Crippen LogP contribution in [0.3, 0.4) is 0 Å². The van der Waals surface area contributed by atoms with Crippen molar-refractivity contribution in [1.29, 1.82) is 0 Å². The first-order valence-electron chi connectivity index (χ1n) is 12.2. The van der Waals surface area contributed by atoms with Crippen LogP contribution in [0.2, 0.25) is 0 Å². The SMILES string of the molecule is CC1=C2N(C)C(=O)CC[C@]2(C)[C@H]2CC[C@]3(C)[C@@H](C(=O)Nc4ccc(F)cc4)CC[C@H]3[C@@H]2C1. The molecule has 0 unspecified atom stereocenters. The van der Waals surface area contributed by atoms with Crippen LogP contribution in [0.15, 0.2) is 35.5 Å². The molecule has 2 amide bonds. The average Bonchev–Trinajstić information content (AvgIpc) is 3.10. The molecule has 5 rings (SSSR count). The van der Waals surface area contributed by atoms with Crippen molar-refractivity contribution < 1.29 is 14.0 Å². The van der Waals surface area contributed by atoms with Crippen molar-refractivity contribution in [3.05, 3.63) is 41.4 Å². The van der Waals surface area contributed by atoms with Crippen LogP contribution in [0.1, 0.15) is 65.7 Å². The molecular weight excluding hydrogens is 403 g/mol. The molecule has 3 aliphatic carbocycles. The first kappa shape index (κ1) is 21.7. The third kappa shape index (κ3) is 3.07. The van der Waals surface area contributed by atoms with Crippen molar-refractivity contribution in [3.63, 3.8) is 0 Å². The van der Waals surface area contributed by atoms with Gasteiger partial charge >= 0.3 is 0 Å². The van der Waals surface area contributed by atoms with E-state index < -0.39 is 0 Å². The number of carbonyl (C=O) groups excluding carboxylic acids is 2. The number of carbonyl (C=O) groups is 2. The lowest BCUT2D eigenvalue weighted by molar-refractivity contribution is -0.137. The fraction of sp³-hybridized carbons (Fsp3) is 0.630. The third-order valence-corrected chi connectivity index (χ3v) is 9.74. The molecule has 0 spiro atoms. The number of likely N-dealkylation sites (tertiary alicyclic amines) is 1. The number of amides is 2. The number of halogens is 1. The lowest BCUT2D eigenvalue weighted by Gasteiger charge is -2.59. The topological polar surface area (TPSA) is 49.4 Å². The molecule has 6 atom stereocenters. The molecule has 4 nitrogen and oxygen atoms in total. The maximum absolute atomic E-state index is 13.3. The Balaban J connectivity index is 1.41. The summed E-state index contributed by atoms with van der Waals surface area (Å²) >= 11 is 0. The highest BCUT2D eigenvalue weighted by molar-refractivity contribution is 5.93. The van der Waals surface area contributed by atoms with Gasteiger partial charge in [-0.05, 0) is 92.9 Å². The molecule has 3 fully saturated rings. The first-order chi connectivity index (χ1) is 15.1. The number of hydrogen-bond acceptors (Lipinski definition) is 2. The minimum absolute atomic E-state index is 0.00416. The van der Waals surface area contributed by atoms with E-state index in [1.165, 1.54) is 23.4 Å². The summed E-state index contributed by atoms with van der Waals surface area (Å²) < 4.78 is 13.3. The zero-order valence-electron chi connectivity index (χ0n) is 19.7. The minimum atomic E-state index is -0.294. The van der Waals surface area contributed by atoms with E-state index in [1.807, 2.05) is 11.9 Å². The Morgan fingerprint density at radius 1 is 1.09 bits per heavy atom. The van der Waals surface area contributed by atoms with Gasteiger partial charge in [-0.25, -0.2) is 4.39 Å². The molecule has 1 aromatic rings. The van der Waals surface area contributed by atoms with E-state index in [-0.39, 0.29) is 34.4 Å². The normalized spacial score (nSPS) is 38.8. The van der Waals surface area contributed by atoms with Crippen molar-refractivity contribution in [2.45, 2.75) is 65.7 Å². The Kier molecular flexibility index (Phi) is 5.03. The molecule has 1 aromatic carbocycles. The number of nitrogens with zero attached hydrogens (tertiary/aromatic N) is 1. The van der Waals surface area contributed by atoms with Crippen molar-refractivity contribution in [2.24, 2.45) is 34.5 Å². The number of benzene rings is 1. The van der Waals surface area contributed by atoms with Gasteiger partial charge in [-0.1, -0.05) is 19.4 Å². The highest BCUT2D eigenvalue weighted by Crippen LogP contribution is 2.66. The van der Waals surface area contributed by atoms with Gasteiger partial charge in [0, 0.05) is 36.2 Å². The first-order valence-corrected chi connectivity index (χ1v) is 12.2. The summed E-state index contributed by atoms with van der Waals surface area (Å²) in [5, 5.41) is 3.05. The molecule has 1 saturated heterocycles. The largest absolute Gasteiger partial charge is 0.326 e. The summed E-state index contributed by atoms with van der Waals surface area (Å²) in [6, 6.07) is 6.05. The summed E-state index contributed by atoms with van der Waals surface area (Å²) in [6.45, 7) is 6.95. The van der Waals surface area contributed by atoms with Gasteiger partial charge in [-0.3, -0.25) is 9.59 Å². The average molecular weight is 439 g/mol. The molecule has 1 N–H and O–H groups in total. The van der Waals surface area contributed by atoms with Gasteiger partial charge in [0.05, 0.1) is 0 Å². The van der Waals surface area contributed by atoms with Gasteiger partial charge in [0.1, 0.15) is 5.82 Å². The van der Waals surface area contributed by atoms with Crippen LogP contribution in [0, 0.1) is 40.3 Å². The zero-order chi connectivity index (χ0) is 22.8. The number of rotatable bonds is 2. The zero-order valence-corrected chi connectivity index (χ0v) is 19.7. The maximum Gasteiger partial charge on any atom is 0.228 e. The molecule has 1 heterocycles. The lowest BCUT2D eigenvalue weighted by atomic mass is 9.48. The van der Waals surface area contributed by atoms with E-state index in [0.29, 0.717) is 29.9 Å². The fourth-order valence-electron chi connectivity index (χ4n) is 8.30. The van der Waals surface area contributed by atoms with E-state index in [4.69, 9.17) is 0 Å². The monoisotopic (exact) mass is 438 g/mol. The maximum atomic E-state index is 13.3. The number of nitrogens with one attached hydrogen (secondary N) is 1. The summed E-state index contributed by atoms with van der Waals surface area (Å²) in [7, 11) is 1.96. The van der Waals surface area contributed by atoms with E-state index in [0.717, 1.165) is 38.5 Å². The van der Waals surface area contributed by atoms with E-state index in [9.17, 15) is 14.0 Å².